The van der Waals surface area contributed by atoms with E-state index >= 15 is 0 Å². The van der Waals surface area contributed by atoms with Crippen molar-refractivity contribution in [3.05, 3.63) is 34.9 Å². The minimum atomic E-state index is -0.291. The number of benzene rings is 1. The highest BCUT2D eigenvalue weighted by atomic mass is 35.5. The number of hydrogen-bond donors (Lipinski definition) is 2. The van der Waals surface area contributed by atoms with Crippen molar-refractivity contribution in [2.45, 2.75) is 19.0 Å². The SMILES string of the molecule is CC(c1ccccc1Cl)N1CCNCC1C(N)=O. The van der Waals surface area contributed by atoms with Gasteiger partial charge >= 0.3 is 0 Å². The van der Waals surface area contributed by atoms with E-state index in [4.69, 9.17) is 17.3 Å². The zero-order valence-corrected chi connectivity index (χ0v) is 11.2. The number of nitrogens with two attached hydrogens (primary N) is 1. The molecule has 0 spiro atoms. The average Bonchev–Trinajstić information content (AvgIpc) is 2.38. The Bertz CT molecular complexity index is 438. The van der Waals surface area contributed by atoms with Crippen molar-refractivity contribution in [1.29, 1.82) is 0 Å². The summed E-state index contributed by atoms with van der Waals surface area (Å²) >= 11 is 6.21. The van der Waals surface area contributed by atoms with Gasteiger partial charge in [0.05, 0.1) is 0 Å². The molecule has 0 aliphatic carbocycles. The van der Waals surface area contributed by atoms with E-state index in [9.17, 15) is 4.79 Å². The Balaban J connectivity index is 2.23. The number of carbonyl (C=O) groups excluding carboxylic acids is 1. The Morgan fingerprint density at radius 1 is 1.56 bits per heavy atom. The van der Waals surface area contributed by atoms with Crippen LogP contribution in [0.15, 0.2) is 24.3 Å². The van der Waals surface area contributed by atoms with Crippen molar-refractivity contribution in [2.75, 3.05) is 19.6 Å². The lowest BCUT2D eigenvalue weighted by Crippen LogP contribution is -2.57. The Morgan fingerprint density at radius 2 is 2.28 bits per heavy atom. The molecule has 1 fully saturated rings. The van der Waals surface area contributed by atoms with Crippen LogP contribution < -0.4 is 11.1 Å². The Hall–Kier alpha value is -1.10. The van der Waals surface area contributed by atoms with E-state index in [-0.39, 0.29) is 18.0 Å². The van der Waals surface area contributed by atoms with Crippen LogP contribution in [-0.4, -0.2) is 36.5 Å². The first-order valence-electron chi connectivity index (χ1n) is 6.11. The Kier molecular flexibility index (Phi) is 4.22. The maximum Gasteiger partial charge on any atom is 0.236 e. The second-order valence-corrected chi connectivity index (χ2v) is 4.96. The summed E-state index contributed by atoms with van der Waals surface area (Å²) in [5.74, 6) is -0.291. The summed E-state index contributed by atoms with van der Waals surface area (Å²) in [7, 11) is 0. The van der Waals surface area contributed by atoms with Gasteiger partial charge in [0.15, 0.2) is 0 Å². The Morgan fingerprint density at radius 3 is 2.94 bits per heavy atom. The van der Waals surface area contributed by atoms with Gasteiger partial charge < -0.3 is 11.1 Å². The summed E-state index contributed by atoms with van der Waals surface area (Å²) in [5, 5.41) is 3.92. The smallest absolute Gasteiger partial charge is 0.236 e. The van der Waals surface area contributed by atoms with Crippen LogP contribution in [0.4, 0.5) is 0 Å². The molecule has 0 bridgehead atoms. The second-order valence-electron chi connectivity index (χ2n) is 4.56. The first kappa shape index (κ1) is 13.3. The lowest BCUT2D eigenvalue weighted by atomic mass is 10.0. The Labute approximate surface area is 112 Å². The third-order valence-corrected chi connectivity index (χ3v) is 3.81. The molecule has 4 nitrogen and oxygen atoms in total. The maximum atomic E-state index is 11.5. The van der Waals surface area contributed by atoms with Gasteiger partial charge in [0, 0.05) is 30.7 Å². The van der Waals surface area contributed by atoms with Crippen LogP contribution >= 0.6 is 11.6 Å². The largest absolute Gasteiger partial charge is 0.368 e. The van der Waals surface area contributed by atoms with Crippen molar-refractivity contribution in [2.24, 2.45) is 5.73 Å². The average molecular weight is 268 g/mol. The highest BCUT2D eigenvalue weighted by Gasteiger charge is 2.31. The quantitative estimate of drug-likeness (QED) is 0.864. The molecule has 1 aromatic rings. The zero-order valence-electron chi connectivity index (χ0n) is 10.4. The number of carbonyl (C=O) groups is 1. The molecule has 1 aliphatic rings. The highest BCUT2D eigenvalue weighted by Crippen LogP contribution is 2.28. The standard InChI is InChI=1S/C13H18ClN3O/c1-9(10-4-2-3-5-11(10)14)17-7-6-16-8-12(17)13(15)18/h2-5,9,12,16H,6-8H2,1H3,(H2,15,18). The minimum absolute atomic E-state index is 0.0818. The molecule has 2 atom stereocenters. The lowest BCUT2D eigenvalue weighted by Gasteiger charge is -2.38. The van der Waals surface area contributed by atoms with Crippen molar-refractivity contribution in [3.8, 4) is 0 Å². The van der Waals surface area contributed by atoms with E-state index in [0.29, 0.717) is 6.54 Å². The number of nitrogens with one attached hydrogen (secondary N) is 1. The molecule has 3 N–H and O–H groups in total. The summed E-state index contributed by atoms with van der Waals surface area (Å²) in [6, 6.07) is 7.53. The summed E-state index contributed by atoms with van der Waals surface area (Å²) in [6.07, 6.45) is 0. The molecular weight excluding hydrogens is 250 g/mol. The number of halogens is 1. The number of piperazine rings is 1. The molecule has 1 amide bonds. The molecule has 0 aromatic heterocycles. The normalized spacial score (nSPS) is 22.7. The van der Waals surface area contributed by atoms with Gasteiger partial charge in [-0.25, -0.2) is 0 Å². The van der Waals surface area contributed by atoms with E-state index in [0.717, 1.165) is 23.7 Å². The predicted octanol–water partition coefficient (Wildman–Crippen LogP) is 1.16. The third kappa shape index (κ3) is 2.66. The molecule has 5 heteroatoms. The first-order chi connectivity index (χ1) is 8.61. The molecule has 0 saturated carbocycles. The van der Waals surface area contributed by atoms with Crippen LogP contribution in [0.3, 0.4) is 0 Å². The molecular formula is C13H18ClN3O. The van der Waals surface area contributed by atoms with Gasteiger partial charge in [-0.3, -0.25) is 9.69 Å². The molecule has 1 aromatic carbocycles. The van der Waals surface area contributed by atoms with Crippen molar-refractivity contribution in [1.82, 2.24) is 10.2 Å². The van der Waals surface area contributed by atoms with Crippen LogP contribution in [-0.2, 0) is 4.79 Å². The fourth-order valence-electron chi connectivity index (χ4n) is 2.44. The van der Waals surface area contributed by atoms with Crippen molar-refractivity contribution < 1.29 is 4.79 Å². The molecule has 1 heterocycles. The van der Waals surface area contributed by atoms with Gasteiger partial charge in [0.1, 0.15) is 6.04 Å². The number of hydrogen-bond acceptors (Lipinski definition) is 3. The molecule has 18 heavy (non-hydrogen) atoms. The second kappa shape index (κ2) is 5.69. The molecule has 0 radical (unpaired) electrons. The van der Waals surface area contributed by atoms with Crippen LogP contribution in [0.5, 0.6) is 0 Å². The number of amides is 1. The number of primary amides is 1. The topological polar surface area (TPSA) is 58.4 Å². The van der Waals surface area contributed by atoms with E-state index in [2.05, 4.69) is 17.1 Å². The first-order valence-corrected chi connectivity index (χ1v) is 6.49. The molecule has 2 unspecified atom stereocenters. The van der Waals surface area contributed by atoms with E-state index in [1.807, 2.05) is 24.3 Å². The van der Waals surface area contributed by atoms with Gasteiger partial charge in [-0.05, 0) is 18.6 Å². The fraction of sp³-hybridized carbons (Fsp3) is 0.462. The maximum absolute atomic E-state index is 11.5. The van der Waals surface area contributed by atoms with Crippen molar-refractivity contribution in [3.63, 3.8) is 0 Å². The number of rotatable bonds is 3. The van der Waals surface area contributed by atoms with E-state index < -0.39 is 0 Å². The minimum Gasteiger partial charge on any atom is -0.368 e. The zero-order chi connectivity index (χ0) is 13.1. The molecule has 1 saturated heterocycles. The summed E-state index contributed by atoms with van der Waals surface area (Å²) in [5.41, 5.74) is 6.49. The predicted molar refractivity (Wildman–Crippen MR) is 72.4 cm³/mol. The molecule has 98 valence electrons. The van der Waals surface area contributed by atoms with Crippen LogP contribution in [0.1, 0.15) is 18.5 Å². The van der Waals surface area contributed by atoms with Crippen LogP contribution in [0.2, 0.25) is 5.02 Å². The van der Waals surface area contributed by atoms with Gasteiger partial charge in [-0.1, -0.05) is 29.8 Å². The highest BCUT2D eigenvalue weighted by molar-refractivity contribution is 6.31. The summed E-state index contributed by atoms with van der Waals surface area (Å²) in [4.78, 5) is 13.6. The van der Waals surface area contributed by atoms with Crippen LogP contribution in [0.25, 0.3) is 0 Å². The lowest BCUT2D eigenvalue weighted by molar-refractivity contribution is -0.124. The number of nitrogens with zero attached hydrogens (tertiary/aromatic N) is 1. The molecule has 2 rings (SSSR count). The third-order valence-electron chi connectivity index (χ3n) is 3.47. The van der Waals surface area contributed by atoms with Gasteiger partial charge in [0.25, 0.3) is 0 Å². The van der Waals surface area contributed by atoms with Crippen LogP contribution in [0, 0.1) is 0 Å². The van der Waals surface area contributed by atoms with Crippen molar-refractivity contribution >= 4 is 17.5 Å². The fourth-order valence-corrected chi connectivity index (χ4v) is 2.73. The van der Waals surface area contributed by atoms with Gasteiger partial charge in [0.2, 0.25) is 5.91 Å². The summed E-state index contributed by atoms with van der Waals surface area (Å²) in [6.45, 7) is 4.31. The van der Waals surface area contributed by atoms with E-state index in [1.165, 1.54) is 0 Å². The summed E-state index contributed by atoms with van der Waals surface area (Å²) < 4.78 is 0. The van der Waals surface area contributed by atoms with E-state index in [1.54, 1.807) is 0 Å². The van der Waals surface area contributed by atoms with Gasteiger partial charge in [-0.2, -0.15) is 0 Å². The van der Waals surface area contributed by atoms with Gasteiger partial charge in [-0.15, -0.1) is 0 Å². The monoisotopic (exact) mass is 267 g/mol. The molecule has 1 aliphatic heterocycles.